The van der Waals surface area contributed by atoms with Crippen LogP contribution >= 0.6 is 23.4 Å². The van der Waals surface area contributed by atoms with E-state index in [1.165, 1.54) is 7.11 Å². The van der Waals surface area contributed by atoms with E-state index in [0.717, 1.165) is 41.4 Å². The summed E-state index contributed by atoms with van der Waals surface area (Å²) in [5, 5.41) is 0.631. The maximum absolute atomic E-state index is 12.4. The van der Waals surface area contributed by atoms with E-state index in [1.54, 1.807) is 24.3 Å². The average Bonchev–Trinajstić information content (AvgIpc) is 2.74. The topological polar surface area (TPSA) is 72.6 Å². The molecule has 0 radical (unpaired) electrons. The lowest BCUT2D eigenvalue weighted by molar-refractivity contribution is -0.119. The zero-order valence-electron chi connectivity index (χ0n) is 16.6. The summed E-state index contributed by atoms with van der Waals surface area (Å²) < 4.78 is 4.74. The van der Waals surface area contributed by atoms with Crippen LogP contribution in [0.1, 0.15) is 40.2 Å². The lowest BCUT2D eigenvalue weighted by Crippen LogP contribution is -2.34. The number of nitrogens with zero attached hydrogens (tertiary/aromatic N) is 1. The van der Waals surface area contributed by atoms with Crippen molar-refractivity contribution in [1.82, 2.24) is 0 Å². The average molecular weight is 433 g/mol. The van der Waals surface area contributed by atoms with Gasteiger partial charge in [0.25, 0.3) is 0 Å². The third kappa shape index (κ3) is 4.87. The first-order chi connectivity index (χ1) is 13.9. The van der Waals surface area contributed by atoms with Gasteiger partial charge in [0.15, 0.2) is 0 Å². The molecule has 1 aliphatic rings. The van der Waals surface area contributed by atoms with Crippen LogP contribution in [-0.2, 0) is 9.53 Å². The Morgan fingerprint density at radius 2 is 1.79 bits per heavy atom. The summed E-state index contributed by atoms with van der Waals surface area (Å²) in [4.78, 5) is 26.5. The predicted octanol–water partition coefficient (Wildman–Crippen LogP) is 4.05. The molecule has 1 amide bonds. The highest BCUT2D eigenvalue weighted by Gasteiger charge is 2.29. The van der Waals surface area contributed by atoms with Crippen molar-refractivity contribution in [2.24, 2.45) is 5.73 Å². The van der Waals surface area contributed by atoms with Crippen LogP contribution in [0.25, 0.3) is 0 Å². The van der Waals surface area contributed by atoms with Crippen LogP contribution < -0.4 is 10.6 Å². The summed E-state index contributed by atoms with van der Waals surface area (Å²) in [6, 6.07) is 12.7. The zero-order valence-corrected chi connectivity index (χ0v) is 18.1. The lowest BCUT2D eigenvalue weighted by Gasteiger charge is -2.33. The minimum absolute atomic E-state index is 0.181. The Labute approximate surface area is 180 Å². The summed E-state index contributed by atoms with van der Waals surface area (Å²) in [6.07, 6.45) is 0. The number of amides is 1. The molecule has 0 saturated carbocycles. The first-order valence-electron chi connectivity index (χ1n) is 9.52. The van der Waals surface area contributed by atoms with Gasteiger partial charge >= 0.3 is 5.97 Å². The Morgan fingerprint density at radius 3 is 2.38 bits per heavy atom. The number of hydrogen-bond donors (Lipinski definition) is 1. The number of benzene rings is 2. The quantitative estimate of drug-likeness (QED) is 0.697. The summed E-state index contributed by atoms with van der Waals surface area (Å²) in [5.74, 6) is 0.594. The monoisotopic (exact) mass is 432 g/mol. The fraction of sp³-hybridized carbons (Fsp3) is 0.364. The summed E-state index contributed by atoms with van der Waals surface area (Å²) in [7, 11) is 1.34. The van der Waals surface area contributed by atoms with Crippen LogP contribution in [0.4, 0.5) is 5.69 Å². The van der Waals surface area contributed by atoms with Crippen LogP contribution in [0.2, 0.25) is 5.02 Å². The number of hydrogen-bond acceptors (Lipinski definition) is 5. The van der Waals surface area contributed by atoms with Gasteiger partial charge < -0.3 is 15.4 Å². The first kappa shape index (κ1) is 21.5. The van der Waals surface area contributed by atoms with Gasteiger partial charge in [0, 0.05) is 35.3 Å². The van der Waals surface area contributed by atoms with E-state index in [-0.39, 0.29) is 5.92 Å². The molecule has 3 rings (SSSR count). The summed E-state index contributed by atoms with van der Waals surface area (Å²) >= 11 is 8.26. The number of anilines is 1. The van der Waals surface area contributed by atoms with Gasteiger partial charge in [0.1, 0.15) is 0 Å². The molecule has 2 atom stereocenters. The number of thioether (sulfide) groups is 1. The van der Waals surface area contributed by atoms with Crippen molar-refractivity contribution in [3.8, 4) is 0 Å². The molecular weight excluding hydrogens is 408 g/mol. The second-order valence-corrected chi connectivity index (χ2v) is 8.75. The summed E-state index contributed by atoms with van der Waals surface area (Å²) in [6.45, 7) is 3.92. The molecule has 0 spiro atoms. The third-order valence-corrected chi connectivity index (χ3v) is 6.51. The Morgan fingerprint density at radius 1 is 1.14 bits per heavy atom. The molecule has 154 valence electrons. The van der Waals surface area contributed by atoms with Crippen molar-refractivity contribution in [1.29, 1.82) is 0 Å². The number of carbonyl (C=O) groups excluding carboxylic acids is 2. The molecule has 0 aromatic heterocycles. The van der Waals surface area contributed by atoms with Gasteiger partial charge in [-0.05, 0) is 47.4 Å². The maximum Gasteiger partial charge on any atom is 0.337 e. The van der Waals surface area contributed by atoms with Gasteiger partial charge in [-0.15, -0.1) is 0 Å². The van der Waals surface area contributed by atoms with Crippen LogP contribution in [0.3, 0.4) is 0 Å². The minimum Gasteiger partial charge on any atom is -0.465 e. The SMILES string of the molecule is COC(=O)c1ccc(C(C(N)=O)C(C)c2cc(Cl)ccc2N2CCSCC2)cc1. The maximum atomic E-state index is 12.4. The minimum atomic E-state index is -0.543. The largest absolute Gasteiger partial charge is 0.465 e. The number of nitrogens with two attached hydrogens (primary N) is 1. The molecule has 1 heterocycles. The number of primary amides is 1. The van der Waals surface area contributed by atoms with E-state index in [9.17, 15) is 9.59 Å². The molecule has 2 N–H and O–H groups in total. The highest BCUT2D eigenvalue weighted by molar-refractivity contribution is 7.99. The Hall–Kier alpha value is -2.18. The van der Waals surface area contributed by atoms with Gasteiger partial charge in [-0.25, -0.2) is 4.79 Å². The van der Waals surface area contributed by atoms with Gasteiger partial charge in [-0.2, -0.15) is 11.8 Å². The van der Waals surface area contributed by atoms with Gasteiger partial charge in [0.2, 0.25) is 5.91 Å². The molecule has 29 heavy (non-hydrogen) atoms. The van der Waals surface area contributed by atoms with Crippen molar-refractivity contribution < 1.29 is 14.3 Å². The third-order valence-electron chi connectivity index (χ3n) is 5.33. The predicted molar refractivity (Wildman–Crippen MR) is 119 cm³/mol. The number of esters is 1. The fourth-order valence-corrected chi connectivity index (χ4v) is 4.89. The van der Waals surface area contributed by atoms with Gasteiger partial charge in [-0.3, -0.25) is 4.79 Å². The number of carbonyl (C=O) groups is 2. The molecule has 0 bridgehead atoms. The number of methoxy groups -OCH3 is 1. The van der Waals surface area contributed by atoms with E-state index in [4.69, 9.17) is 22.1 Å². The molecule has 1 saturated heterocycles. The van der Waals surface area contributed by atoms with Crippen molar-refractivity contribution >= 4 is 40.9 Å². The number of rotatable bonds is 6. The molecular formula is C22H25ClN2O3S. The van der Waals surface area contributed by atoms with Crippen LogP contribution in [0.5, 0.6) is 0 Å². The van der Waals surface area contributed by atoms with E-state index < -0.39 is 17.8 Å². The van der Waals surface area contributed by atoms with Gasteiger partial charge in [-0.1, -0.05) is 30.7 Å². The highest BCUT2D eigenvalue weighted by atomic mass is 35.5. The van der Waals surface area contributed by atoms with Crippen molar-refractivity contribution in [2.75, 3.05) is 36.6 Å². The standard InChI is InChI=1S/C22H25ClN2O3S/c1-14(18-13-17(23)7-8-19(18)25-9-11-29-12-10-25)20(21(24)26)15-3-5-16(6-4-15)22(27)28-2/h3-8,13-14,20H,9-12H2,1-2H3,(H2,24,26). The molecule has 7 heteroatoms. The zero-order chi connectivity index (χ0) is 21.0. The number of halogens is 1. The molecule has 2 aromatic carbocycles. The molecule has 2 unspecified atom stereocenters. The fourth-order valence-electron chi connectivity index (χ4n) is 3.81. The molecule has 0 aliphatic carbocycles. The Bertz CT molecular complexity index is 882. The Kier molecular flexibility index (Phi) is 7.09. The van der Waals surface area contributed by atoms with Gasteiger partial charge in [0.05, 0.1) is 18.6 Å². The smallest absolute Gasteiger partial charge is 0.337 e. The number of ether oxygens (including phenoxy) is 1. The lowest BCUT2D eigenvalue weighted by atomic mass is 9.81. The first-order valence-corrected chi connectivity index (χ1v) is 11.1. The Balaban J connectivity index is 1.97. The van der Waals surface area contributed by atoms with Crippen LogP contribution in [-0.4, -0.2) is 43.6 Å². The van der Waals surface area contributed by atoms with Crippen LogP contribution in [0, 0.1) is 0 Å². The van der Waals surface area contributed by atoms with E-state index >= 15 is 0 Å². The molecule has 1 fully saturated rings. The second-order valence-electron chi connectivity index (χ2n) is 7.08. The normalized spacial score (nSPS) is 16.2. The van der Waals surface area contributed by atoms with Crippen molar-refractivity contribution in [3.05, 3.63) is 64.2 Å². The summed E-state index contributed by atoms with van der Waals surface area (Å²) in [5.41, 5.74) is 9.11. The van der Waals surface area contributed by atoms with E-state index in [2.05, 4.69) is 4.90 Å². The van der Waals surface area contributed by atoms with Crippen molar-refractivity contribution in [2.45, 2.75) is 18.8 Å². The molecule has 5 nitrogen and oxygen atoms in total. The highest BCUT2D eigenvalue weighted by Crippen LogP contribution is 2.39. The van der Waals surface area contributed by atoms with Crippen molar-refractivity contribution in [3.63, 3.8) is 0 Å². The molecule has 2 aromatic rings. The second kappa shape index (κ2) is 9.55. The molecule has 1 aliphatic heterocycles. The van der Waals surface area contributed by atoms with Crippen LogP contribution in [0.15, 0.2) is 42.5 Å². The van der Waals surface area contributed by atoms with E-state index in [0.29, 0.717) is 10.6 Å². The van der Waals surface area contributed by atoms with E-state index in [1.807, 2.05) is 36.9 Å².